The van der Waals surface area contributed by atoms with E-state index in [1.807, 2.05) is 54.6 Å². The van der Waals surface area contributed by atoms with Crippen molar-refractivity contribution < 1.29 is 24.3 Å². The van der Waals surface area contributed by atoms with E-state index in [1.165, 1.54) is 4.90 Å². The molecule has 6 rings (SSSR count). The quantitative estimate of drug-likeness (QED) is 0.539. The first kappa shape index (κ1) is 23.4. The van der Waals surface area contributed by atoms with Crippen LogP contribution >= 0.6 is 0 Å². The van der Waals surface area contributed by atoms with Crippen molar-refractivity contribution in [1.82, 2.24) is 9.80 Å². The summed E-state index contributed by atoms with van der Waals surface area (Å²) < 4.78 is 0. The summed E-state index contributed by atoms with van der Waals surface area (Å²) >= 11 is 0. The average molecular weight is 497 g/mol. The van der Waals surface area contributed by atoms with Gasteiger partial charge in [-0.2, -0.15) is 0 Å². The summed E-state index contributed by atoms with van der Waals surface area (Å²) in [6.45, 7) is 0.462. The molecule has 3 amide bonds. The normalized spacial score (nSPS) is 23.2. The van der Waals surface area contributed by atoms with Crippen LogP contribution in [0.15, 0.2) is 60.7 Å². The molecule has 0 bridgehead atoms. The molecule has 0 radical (unpaired) electrons. The van der Waals surface area contributed by atoms with Crippen molar-refractivity contribution in [2.45, 2.75) is 38.1 Å². The molecule has 1 fully saturated rings. The number of carboxylic acid groups (broad SMARTS) is 1. The second-order valence-corrected chi connectivity index (χ2v) is 10.3. The van der Waals surface area contributed by atoms with E-state index in [0.29, 0.717) is 36.9 Å². The summed E-state index contributed by atoms with van der Waals surface area (Å²) in [4.78, 5) is 56.0. The van der Waals surface area contributed by atoms with Crippen LogP contribution in [0.25, 0.3) is 10.8 Å². The van der Waals surface area contributed by atoms with Gasteiger partial charge in [-0.15, -0.1) is 0 Å². The van der Waals surface area contributed by atoms with Crippen molar-refractivity contribution in [1.29, 1.82) is 0 Å². The lowest BCUT2D eigenvalue weighted by atomic mass is 9.77. The van der Waals surface area contributed by atoms with E-state index >= 15 is 0 Å². The van der Waals surface area contributed by atoms with Gasteiger partial charge in [0, 0.05) is 6.54 Å². The maximum absolute atomic E-state index is 13.9. The molecule has 0 saturated heterocycles. The summed E-state index contributed by atoms with van der Waals surface area (Å²) in [5, 5.41) is 11.4. The van der Waals surface area contributed by atoms with Gasteiger partial charge in [0.05, 0.1) is 35.5 Å². The van der Waals surface area contributed by atoms with E-state index in [9.17, 15) is 24.3 Å². The highest BCUT2D eigenvalue weighted by Gasteiger charge is 2.44. The number of carbonyl (C=O) groups excluding carboxylic acids is 3. The van der Waals surface area contributed by atoms with Crippen LogP contribution in [-0.2, 0) is 16.0 Å². The number of benzene rings is 3. The van der Waals surface area contributed by atoms with Crippen molar-refractivity contribution in [3.8, 4) is 0 Å². The van der Waals surface area contributed by atoms with Crippen LogP contribution < -0.4 is 0 Å². The van der Waals surface area contributed by atoms with E-state index in [1.54, 1.807) is 11.0 Å². The number of amides is 3. The van der Waals surface area contributed by atoms with Crippen LogP contribution in [0.3, 0.4) is 0 Å². The number of imide groups is 1. The van der Waals surface area contributed by atoms with Crippen molar-refractivity contribution in [2.75, 3.05) is 13.1 Å². The fraction of sp³-hybridized carbons (Fsp3) is 0.333. The predicted molar refractivity (Wildman–Crippen MR) is 137 cm³/mol. The fourth-order valence-corrected chi connectivity index (χ4v) is 6.44. The molecule has 7 nitrogen and oxygen atoms in total. The highest BCUT2D eigenvalue weighted by molar-refractivity contribution is 6.26. The third-order valence-electron chi connectivity index (χ3n) is 8.31. The van der Waals surface area contributed by atoms with E-state index in [0.717, 1.165) is 34.7 Å². The maximum Gasteiger partial charge on any atom is 0.307 e. The highest BCUT2D eigenvalue weighted by Crippen LogP contribution is 2.39. The number of hydrogen-bond donors (Lipinski definition) is 1. The Kier molecular flexibility index (Phi) is 5.78. The zero-order valence-electron chi connectivity index (χ0n) is 20.4. The predicted octanol–water partition coefficient (Wildman–Crippen LogP) is 4.45. The molecule has 3 aliphatic rings. The first-order valence-electron chi connectivity index (χ1n) is 12.9. The molecular weight excluding hydrogens is 468 g/mol. The molecule has 7 heteroatoms. The monoisotopic (exact) mass is 496 g/mol. The second-order valence-electron chi connectivity index (χ2n) is 10.3. The van der Waals surface area contributed by atoms with Gasteiger partial charge in [-0.05, 0) is 47.2 Å². The first-order chi connectivity index (χ1) is 18.0. The molecule has 3 atom stereocenters. The van der Waals surface area contributed by atoms with Gasteiger partial charge in [0.25, 0.3) is 11.8 Å². The summed E-state index contributed by atoms with van der Waals surface area (Å²) in [6, 6.07) is 18.3. The Morgan fingerprint density at radius 1 is 0.865 bits per heavy atom. The lowest BCUT2D eigenvalue weighted by Crippen LogP contribution is -2.50. The Hall–Kier alpha value is -4.00. The molecule has 0 spiro atoms. The van der Waals surface area contributed by atoms with Crippen molar-refractivity contribution in [3.05, 3.63) is 82.9 Å². The van der Waals surface area contributed by atoms with Crippen LogP contribution in [0, 0.1) is 11.8 Å². The Morgan fingerprint density at radius 2 is 1.59 bits per heavy atom. The van der Waals surface area contributed by atoms with Crippen LogP contribution in [0.4, 0.5) is 0 Å². The summed E-state index contributed by atoms with van der Waals surface area (Å²) in [5.41, 5.74) is 2.77. The van der Waals surface area contributed by atoms with Gasteiger partial charge < -0.3 is 10.0 Å². The molecular formula is C30H28N2O5. The standard InChI is InChI=1S/C30H28N2O5/c33-27(22-11-5-6-12-23(22)30(36)37)31-16-15-19-8-1-3-9-20(19)25(31)17-32-28(34)24-14-13-18-7-2-4-10-21(18)26(24)29(32)35/h1-4,7-10,13-14,22-23,25H,5-6,11-12,15-17H2,(H,36,37). The van der Waals surface area contributed by atoms with Crippen molar-refractivity contribution in [3.63, 3.8) is 0 Å². The summed E-state index contributed by atoms with van der Waals surface area (Å²) in [5.74, 6) is -3.13. The van der Waals surface area contributed by atoms with Crippen LogP contribution in [0.2, 0.25) is 0 Å². The Morgan fingerprint density at radius 3 is 2.41 bits per heavy atom. The number of fused-ring (bicyclic) bond motifs is 4. The van der Waals surface area contributed by atoms with Gasteiger partial charge >= 0.3 is 5.97 Å². The average Bonchev–Trinajstić information content (AvgIpc) is 3.17. The van der Waals surface area contributed by atoms with Crippen molar-refractivity contribution >= 4 is 34.5 Å². The van der Waals surface area contributed by atoms with Gasteiger partial charge in [0.15, 0.2) is 0 Å². The lowest BCUT2D eigenvalue weighted by Gasteiger charge is -2.42. The van der Waals surface area contributed by atoms with Gasteiger partial charge in [0.2, 0.25) is 5.91 Å². The molecule has 3 aromatic carbocycles. The molecule has 1 saturated carbocycles. The molecule has 2 aliphatic heterocycles. The van der Waals surface area contributed by atoms with E-state index in [2.05, 4.69) is 0 Å². The molecule has 3 aromatic rings. The third kappa shape index (κ3) is 3.80. The molecule has 1 aliphatic carbocycles. The van der Waals surface area contributed by atoms with E-state index < -0.39 is 23.8 Å². The number of aliphatic carboxylic acids is 1. The zero-order valence-corrected chi connectivity index (χ0v) is 20.4. The first-order valence-corrected chi connectivity index (χ1v) is 12.9. The van der Waals surface area contributed by atoms with Gasteiger partial charge in [-0.1, -0.05) is 67.4 Å². The molecule has 1 N–H and O–H groups in total. The van der Waals surface area contributed by atoms with Crippen LogP contribution in [0.5, 0.6) is 0 Å². The molecule has 2 heterocycles. The largest absolute Gasteiger partial charge is 0.481 e. The summed E-state index contributed by atoms with van der Waals surface area (Å²) in [6.07, 6.45) is 3.30. The van der Waals surface area contributed by atoms with E-state index in [4.69, 9.17) is 0 Å². The minimum atomic E-state index is -0.931. The Labute approximate surface area is 214 Å². The molecule has 3 unspecified atom stereocenters. The van der Waals surface area contributed by atoms with Crippen LogP contribution in [-0.4, -0.2) is 51.7 Å². The van der Waals surface area contributed by atoms with Crippen molar-refractivity contribution in [2.24, 2.45) is 11.8 Å². The van der Waals surface area contributed by atoms with E-state index in [-0.39, 0.29) is 24.3 Å². The summed E-state index contributed by atoms with van der Waals surface area (Å²) in [7, 11) is 0. The molecule has 188 valence electrons. The Balaban J connectivity index is 1.37. The van der Waals surface area contributed by atoms with Gasteiger partial charge in [-0.25, -0.2) is 0 Å². The topological polar surface area (TPSA) is 95.0 Å². The second kappa shape index (κ2) is 9.14. The number of hydrogen-bond acceptors (Lipinski definition) is 4. The number of carbonyl (C=O) groups is 4. The van der Waals surface area contributed by atoms with Gasteiger partial charge in [-0.3, -0.25) is 24.1 Å². The zero-order chi connectivity index (χ0) is 25.7. The fourth-order valence-electron chi connectivity index (χ4n) is 6.44. The highest BCUT2D eigenvalue weighted by atomic mass is 16.4. The molecule has 0 aromatic heterocycles. The Bertz CT molecular complexity index is 1450. The van der Waals surface area contributed by atoms with Crippen LogP contribution in [0.1, 0.15) is 63.6 Å². The number of nitrogens with zero attached hydrogens (tertiary/aromatic N) is 2. The minimum Gasteiger partial charge on any atom is -0.481 e. The lowest BCUT2D eigenvalue weighted by molar-refractivity contribution is -0.153. The van der Waals surface area contributed by atoms with Gasteiger partial charge in [0.1, 0.15) is 0 Å². The number of carboxylic acids is 1. The SMILES string of the molecule is O=C(O)C1CCCCC1C(=O)N1CCc2ccccc2C1CN1C(=O)c2ccc3ccccc3c2C1=O. The maximum atomic E-state index is 13.9. The minimum absolute atomic E-state index is 0.0356. The smallest absolute Gasteiger partial charge is 0.307 e. The third-order valence-corrected chi connectivity index (χ3v) is 8.31. The molecule has 37 heavy (non-hydrogen) atoms. The number of rotatable bonds is 4.